The molecule has 4 nitrogen and oxygen atoms in total. The highest BCUT2D eigenvalue weighted by Crippen LogP contribution is 2.35. The maximum Gasteiger partial charge on any atom is 0.162 e. The van der Waals surface area contributed by atoms with E-state index in [-0.39, 0.29) is 11.9 Å². The fraction of sp³-hybridized carbons (Fsp3) is 0.217. The molecule has 1 atom stereocenters. The van der Waals surface area contributed by atoms with Gasteiger partial charge in [-0.2, -0.15) is 0 Å². The van der Waals surface area contributed by atoms with E-state index in [1.807, 2.05) is 30.3 Å². The Hall–Kier alpha value is -2.98. The quantitative estimate of drug-likeness (QED) is 0.545. The van der Waals surface area contributed by atoms with Crippen molar-refractivity contribution >= 4 is 0 Å². The van der Waals surface area contributed by atoms with Gasteiger partial charge in [0, 0.05) is 13.1 Å². The molecule has 0 bridgehead atoms. The summed E-state index contributed by atoms with van der Waals surface area (Å²) >= 11 is 0. The average Bonchev–Trinajstić information content (AvgIpc) is 2.70. The number of aliphatic hydroxyl groups excluding tert-OH is 1. The van der Waals surface area contributed by atoms with Crippen molar-refractivity contribution in [3.8, 4) is 11.5 Å². The second-order valence-electron chi connectivity index (χ2n) is 6.46. The van der Waals surface area contributed by atoms with E-state index in [4.69, 9.17) is 9.47 Å². The number of benzene rings is 2. The van der Waals surface area contributed by atoms with Crippen LogP contribution in [-0.2, 0) is 6.54 Å². The Morgan fingerprint density at radius 1 is 1.15 bits per heavy atom. The van der Waals surface area contributed by atoms with Crippen LogP contribution < -0.4 is 14.8 Å². The summed E-state index contributed by atoms with van der Waals surface area (Å²) in [6.07, 6.45) is 5.22. The Morgan fingerprint density at radius 2 is 1.89 bits per heavy atom. The second-order valence-corrected chi connectivity index (χ2v) is 6.46. The van der Waals surface area contributed by atoms with Crippen LogP contribution in [0.3, 0.4) is 0 Å². The number of nitrogens with one attached hydrogen (secondary N) is 1. The molecule has 0 radical (unpaired) electrons. The highest BCUT2D eigenvalue weighted by molar-refractivity contribution is 5.41. The molecule has 1 heterocycles. The van der Waals surface area contributed by atoms with Crippen LogP contribution in [0.4, 0.5) is 0 Å². The lowest BCUT2D eigenvalue weighted by Gasteiger charge is -2.26. The predicted molar refractivity (Wildman–Crippen MR) is 108 cm³/mol. The van der Waals surface area contributed by atoms with E-state index in [1.54, 1.807) is 19.1 Å². The Bertz CT molecular complexity index is 833. The molecule has 1 aliphatic rings. The molecule has 1 aliphatic heterocycles. The summed E-state index contributed by atoms with van der Waals surface area (Å²) < 4.78 is 11.8. The summed E-state index contributed by atoms with van der Waals surface area (Å²) in [7, 11) is 0. The number of hydrogen-bond donors (Lipinski definition) is 2. The molecule has 2 aromatic carbocycles. The third-order valence-electron chi connectivity index (χ3n) is 4.32. The fourth-order valence-corrected chi connectivity index (χ4v) is 2.81. The SMILES string of the molecule is C=C/C(=C\C=C(/C)O)CNCc1ccc([C@H]2COc3ccccc3O2)cc1. The van der Waals surface area contributed by atoms with Gasteiger partial charge in [0.05, 0.1) is 5.76 Å². The molecule has 0 spiro atoms. The zero-order chi connectivity index (χ0) is 19.1. The van der Waals surface area contributed by atoms with E-state index >= 15 is 0 Å². The molecule has 2 aromatic rings. The van der Waals surface area contributed by atoms with Gasteiger partial charge in [-0.25, -0.2) is 0 Å². The minimum atomic E-state index is -0.0919. The van der Waals surface area contributed by atoms with E-state index in [2.05, 4.69) is 36.2 Å². The molecular weight excluding hydrogens is 338 g/mol. The van der Waals surface area contributed by atoms with E-state index in [0.717, 1.165) is 29.2 Å². The van der Waals surface area contributed by atoms with Gasteiger partial charge in [0.15, 0.2) is 17.6 Å². The molecule has 3 rings (SSSR count). The number of aliphatic hydroxyl groups is 1. The third kappa shape index (κ3) is 5.25. The standard InChI is InChI=1S/C23H25NO3/c1-3-18(9-8-17(2)25)14-24-15-19-10-12-20(13-11-19)23-16-26-21-6-4-5-7-22(21)27-23/h3-13,23-25H,1,14-16H2,2H3/b17-8+,18-9+/t23-/m1/s1. The fourth-order valence-electron chi connectivity index (χ4n) is 2.81. The minimum absolute atomic E-state index is 0.0919. The Morgan fingerprint density at radius 3 is 2.59 bits per heavy atom. The van der Waals surface area contributed by atoms with Gasteiger partial charge in [-0.1, -0.05) is 55.1 Å². The highest BCUT2D eigenvalue weighted by atomic mass is 16.6. The first kappa shape index (κ1) is 18.8. The number of hydrogen-bond acceptors (Lipinski definition) is 4. The van der Waals surface area contributed by atoms with Crippen molar-refractivity contribution in [2.24, 2.45) is 0 Å². The Balaban J connectivity index is 1.54. The molecule has 140 valence electrons. The van der Waals surface area contributed by atoms with Crippen molar-refractivity contribution in [2.45, 2.75) is 19.6 Å². The molecule has 0 saturated heterocycles. The van der Waals surface area contributed by atoms with Crippen molar-refractivity contribution < 1.29 is 14.6 Å². The van der Waals surface area contributed by atoms with Gasteiger partial charge >= 0.3 is 0 Å². The van der Waals surface area contributed by atoms with Crippen molar-refractivity contribution in [1.82, 2.24) is 5.32 Å². The summed E-state index contributed by atoms with van der Waals surface area (Å²) in [6.45, 7) is 7.39. The van der Waals surface area contributed by atoms with Crippen molar-refractivity contribution in [3.63, 3.8) is 0 Å². The Labute approximate surface area is 160 Å². The first-order valence-corrected chi connectivity index (χ1v) is 9.02. The molecule has 4 heteroatoms. The number of rotatable bonds is 7. The average molecular weight is 363 g/mol. The number of ether oxygens (including phenoxy) is 2. The summed E-state index contributed by atoms with van der Waals surface area (Å²) in [4.78, 5) is 0. The second kappa shape index (κ2) is 9.10. The number of para-hydroxylation sites is 2. The van der Waals surface area contributed by atoms with Crippen molar-refractivity contribution in [2.75, 3.05) is 13.2 Å². The van der Waals surface area contributed by atoms with Crippen LogP contribution in [0.1, 0.15) is 24.2 Å². The maximum absolute atomic E-state index is 9.23. The first-order chi connectivity index (χ1) is 13.2. The zero-order valence-corrected chi connectivity index (χ0v) is 15.5. The molecule has 27 heavy (non-hydrogen) atoms. The molecule has 0 aliphatic carbocycles. The first-order valence-electron chi connectivity index (χ1n) is 9.02. The monoisotopic (exact) mass is 363 g/mol. The topological polar surface area (TPSA) is 50.7 Å². The maximum atomic E-state index is 9.23. The lowest BCUT2D eigenvalue weighted by Crippen LogP contribution is -2.21. The van der Waals surface area contributed by atoms with Crippen LogP contribution in [0, 0.1) is 0 Å². The van der Waals surface area contributed by atoms with Gasteiger partial charge in [-0.15, -0.1) is 0 Å². The molecule has 0 aromatic heterocycles. The van der Waals surface area contributed by atoms with E-state index in [0.29, 0.717) is 13.2 Å². The number of allylic oxidation sites excluding steroid dienone is 3. The Kier molecular flexibility index (Phi) is 6.34. The smallest absolute Gasteiger partial charge is 0.162 e. The van der Waals surface area contributed by atoms with E-state index in [9.17, 15) is 5.11 Å². The molecule has 0 amide bonds. The summed E-state index contributed by atoms with van der Waals surface area (Å²) in [5.41, 5.74) is 3.31. The summed E-state index contributed by atoms with van der Waals surface area (Å²) in [6, 6.07) is 16.1. The minimum Gasteiger partial charge on any atom is -0.513 e. The van der Waals surface area contributed by atoms with Gasteiger partial charge in [0.1, 0.15) is 6.61 Å². The van der Waals surface area contributed by atoms with Gasteiger partial charge < -0.3 is 19.9 Å². The van der Waals surface area contributed by atoms with Crippen molar-refractivity contribution in [1.29, 1.82) is 0 Å². The number of fused-ring (bicyclic) bond motifs is 1. The molecule has 0 fully saturated rings. The molecular formula is C23H25NO3. The third-order valence-corrected chi connectivity index (χ3v) is 4.32. The summed E-state index contributed by atoms with van der Waals surface area (Å²) in [5, 5.41) is 12.6. The molecule has 0 saturated carbocycles. The summed E-state index contributed by atoms with van der Waals surface area (Å²) in [5.74, 6) is 1.86. The van der Waals surface area contributed by atoms with Crippen LogP contribution in [0.15, 0.2) is 84.7 Å². The van der Waals surface area contributed by atoms with E-state index in [1.165, 1.54) is 5.56 Å². The van der Waals surface area contributed by atoms with Gasteiger partial charge in [0.25, 0.3) is 0 Å². The van der Waals surface area contributed by atoms with Crippen LogP contribution in [0.25, 0.3) is 0 Å². The van der Waals surface area contributed by atoms with E-state index < -0.39 is 0 Å². The van der Waals surface area contributed by atoms with Crippen LogP contribution >= 0.6 is 0 Å². The predicted octanol–water partition coefficient (Wildman–Crippen LogP) is 4.86. The van der Waals surface area contributed by atoms with Crippen LogP contribution in [-0.4, -0.2) is 18.3 Å². The molecule has 2 N–H and O–H groups in total. The normalized spacial score (nSPS) is 16.9. The highest BCUT2D eigenvalue weighted by Gasteiger charge is 2.21. The van der Waals surface area contributed by atoms with Gasteiger partial charge in [0.2, 0.25) is 0 Å². The lowest BCUT2D eigenvalue weighted by molar-refractivity contribution is 0.0913. The molecule has 0 unspecified atom stereocenters. The zero-order valence-electron chi connectivity index (χ0n) is 15.5. The van der Waals surface area contributed by atoms with Gasteiger partial charge in [-0.05, 0) is 41.8 Å². The largest absolute Gasteiger partial charge is 0.513 e. The van der Waals surface area contributed by atoms with Crippen molar-refractivity contribution in [3.05, 3.63) is 95.8 Å². The van der Waals surface area contributed by atoms with Gasteiger partial charge in [-0.3, -0.25) is 0 Å². The van der Waals surface area contributed by atoms with Crippen LogP contribution in [0.2, 0.25) is 0 Å². The lowest BCUT2D eigenvalue weighted by atomic mass is 10.1. The van der Waals surface area contributed by atoms with Crippen LogP contribution in [0.5, 0.6) is 11.5 Å².